The maximum atomic E-state index is 5.85. The van der Waals surface area contributed by atoms with Crippen molar-refractivity contribution in [2.75, 3.05) is 19.6 Å². The highest BCUT2D eigenvalue weighted by molar-refractivity contribution is 4.86. The molecule has 14 heavy (non-hydrogen) atoms. The summed E-state index contributed by atoms with van der Waals surface area (Å²) in [5, 5.41) is 0. The lowest BCUT2D eigenvalue weighted by molar-refractivity contribution is 0.157. The standard InChI is InChI=1S/C12H26N2/c1-5-12(4,8-13)9-14-7-10(2)6-11(14)3/h10-11H,5-9,13H2,1-4H3. The third kappa shape index (κ3) is 2.71. The normalized spacial score (nSPS) is 33.2. The fraction of sp³-hybridized carbons (Fsp3) is 1.00. The number of hydrogen-bond acceptors (Lipinski definition) is 2. The monoisotopic (exact) mass is 198 g/mol. The smallest absolute Gasteiger partial charge is 0.00702 e. The van der Waals surface area contributed by atoms with E-state index in [0.717, 1.165) is 18.5 Å². The fourth-order valence-corrected chi connectivity index (χ4v) is 2.42. The summed E-state index contributed by atoms with van der Waals surface area (Å²) >= 11 is 0. The van der Waals surface area contributed by atoms with Gasteiger partial charge in [-0.3, -0.25) is 4.90 Å². The van der Waals surface area contributed by atoms with Crippen LogP contribution in [0.4, 0.5) is 0 Å². The van der Waals surface area contributed by atoms with E-state index in [1.54, 1.807) is 0 Å². The lowest BCUT2D eigenvalue weighted by Crippen LogP contribution is -2.41. The summed E-state index contributed by atoms with van der Waals surface area (Å²) in [4.78, 5) is 2.61. The van der Waals surface area contributed by atoms with Gasteiger partial charge in [0.2, 0.25) is 0 Å². The molecule has 1 rings (SSSR count). The van der Waals surface area contributed by atoms with Crippen molar-refractivity contribution in [2.24, 2.45) is 17.1 Å². The van der Waals surface area contributed by atoms with Gasteiger partial charge in [0.05, 0.1) is 0 Å². The molecule has 2 heteroatoms. The largest absolute Gasteiger partial charge is 0.330 e. The van der Waals surface area contributed by atoms with Gasteiger partial charge in [0.15, 0.2) is 0 Å². The van der Waals surface area contributed by atoms with E-state index in [-0.39, 0.29) is 0 Å². The van der Waals surface area contributed by atoms with Crippen LogP contribution in [0.1, 0.15) is 40.5 Å². The average Bonchev–Trinajstić information content (AvgIpc) is 2.45. The average molecular weight is 198 g/mol. The second-order valence-electron chi connectivity index (χ2n) is 5.49. The summed E-state index contributed by atoms with van der Waals surface area (Å²) in [6, 6.07) is 0.752. The van der Waals surface area contributed by atoms with Gasteiger partial charge in [-0.25, -0.2) is 0 Å². The molecule has 0 radical (unpaired) electrons. The molecule has 2 N–H and O–H groups in total. The molecule has 1 aliphatic rings. The second-order valence-corrected chi connectivity index (χ2v) is 5.49. The number of likely N-dealkylation sites (tertiary alicyclic amines) is 1. The predicted molar refractivity (Wildman–Crippen MR) is 62.3 cm³/mol. The van der Waals surface area contributed by atoms with E-state index in [1.807, 2.05) is 0 Å². The van der Waals surface area contributed by atoms with Crippen LogP contribution in [-0.4, -0.2) is 30.6 Å². The van der Waals surface area contributed by atoms with Crippen LogP contribution < -0.4 is 5.73 Å². The Morgan fingerprint density at radius 1 is 1.43 bits per heavy atom. The fourth-order valence-electron chi connectivity index (χ4n) is 2.42. The quantitative estimate of drug-likeness (QED) is 0.749. The topological polar surface area (TPSA) is 29.3 Å². The van der Waals surface area contributed by atoms with Crippen LogP contribution in [0.3, 0.4) is 0 Å². The molecule has 2 nitrogen and oxygen atoms in total. The first-order chi connectivity index (χ1) is 6.50. The van der Waals surface area contributed by atoms with E-state index < -0.39 is 0 Å². The number of hydrogen-bond donors (Lipinski definition) is 1. The molecule has 1 aliphatic heterocycles. The van der Waals surface area contributed by atoms with Gasteiger partial charge in [-0.15, -0.1) is 0 Å². The van der Waals surface area contributed by atoms with E-state index in [9.17, 15) is 0 Å². The second kappa shape index (κ2) is 4.63. The van der Waals surface area contributed by atoms with Gasteiger partial charge in [0, 0.05) is 19.1 Å². The Kier molecular flexibility index (Phi) is 3.96. The van der Waals surface area contributed by atoms with Gasteiger partial charge in [-0.05, 0) is 37.6 Å². The highest BCUT2D eigenvalue weighted by Crippen LogP contribution is 2.28. The molecule has 0 bridgehead atoms. The zero-order chi connectivity index (χ0) is 10.8. The minimum Gasteiger partial charge on any atom is -0.330 e. The Balaban J connectivity index is 2.51. The lowest BCUT2D eigenvalue weighted by Gasteiger charge is -2.34. The highest BCUT2D eigenvalue weighted by atomic mass is 15.2. The van der Waals surface area contributed by atoms with Crippen LogP contribution in [-0.2, 0) is 0 Å². The first-order valence-electron chi connectivity index (χ1n) is 5.95. The molecule has 0 saturated carbocycles. The lowest BCUT2D eigenvalue weighted by atomic mass is 9.87. The molecule has 0 aromatic heterocycles. The molecule has 1 saturated heterocycles. The SMILES string of the molecule is CCC(C)(CN)CN1CC(C)CC1C. The molecule has 1 heterocycles. The molecule has 0 aliphatic carbocycles. The number of nitrogens with two attached hydrogens (primary N) is 1. The summed E-state index contributed by atoms with van der Waals surface area (Å²) in [7, 11) is 0. The van der Waals surface area contributed by atoms with Gasteiger partial charge in [0.1, 0.15) is 0 Å². The molecule has 1 fully saturated rings. The molecule has 0 spiro atoms. The van der Waals surface area contributed by atoms with Crippen molar-refractivity contribution >= 4 is 0 Å². The zero-order valence-electron chi connectivity index (χ0n) is 10.2. The van der Waals surface area contributed by atoms with Gasteiger partial charge in [-0.1, -0.05) is 20.8 Å². The highest BCUT2D eigenvalue weighted by Gasteiger charge is 2.31. The molecular weight excluding hydrogens is 172 g/mol. The van der Waals surface area contributed by atoms with Crippen LogP contribution in [0.25, 0.3) is 0 Å². The molecule has 3 unspecified atom stereocenters. The maximum absolute atomic E-state index is 5.85. The van der Waals surface area contributed by atoms with Gasteiger partial charge in [0.25, 0.3) is 0 Å². The van der Waals surface area contributed by atoms with Crippen molar-refractivity contribution in [1.82, 2.24) is 4.90 Å². The molecule has 0 amide bonds. The van der Waals surface area contributed by atoms with Crippen LogP contribution in [0.2, 0.25) is 0 Å². The molecule has 84 valence electrons. The Labute approximate surface area is 88.8 Å². The van der Waals surface area contributed by atoms with E-state index >= 15 is 0 Å². The number of nitrogens with zero attached hydrogens (tertiary/aromatic N) is 1. The number of rotatable bonds is 4. The summed E-state index contributed by atoms with van der Waals surface area (Å²) in [5.74, 6) is 0.865. The van der Waals surface area contributed by atoms with Crippen LogP contribution >= 0.6 is 0 Å². The molecular formula is C12H26N2. The van der Waals surface area contributed by atoms with Crippen molar-refractivity contribution in [1.29, 1.82) is 0 Å². The molecule has 0 aromatic rings. The van der Waals surface area contributed by atoms with E-state index in [4.69, 9.17) is 5.73 Å². The summed E-state index contributed by atoms with van der Waals surface area (Å²) < 4.78 is 0. The predicted octanol–water partition coefficient (Wildman–Crippen LogP) is 2.09. The minimum absolute atomic E-state index is 0.318. The first-order valence-corrected chi connectivity index (χ1v) is 5.95. The zero-order valence-corrected chi connectivity index (χ0v) is 10.2. The summed E-state index contributed by atoms with van der Waals surface area (Å²) in [6.07, 6.45) is 2.53. The Bertz CT molecular complexity index is 175. The van der Waals surface area contributed by atoms with Gasteiger partial charge < -0.3 is 5.73 Å². The molecule has 0 aromatic carbocycles. The third-order valence-corrected chi connectivity index (χ3v) is 3.84. The first kappa shape index (κ1) is 12.0. The van der Waals surface area contributed by atoms with Crippen molar-refractivity contribution in [2.45, 2.75) is 46.6 Å². The van der Waals surface area contributed by atoms with Crippen molar-refractivity contribution in [3.63, 3.8) is 0 Å². The van der Waals surface area contributed by atoms with Gasteiger partial charge in [-0.2, -0.15) is 0 Å². The van der Waals surface area contributed by atoms with Crippen molar-refractivity contribution < 1.29 is 0 Å². The van der Waals surface area contributed by atoms with Crippen LogP contribution in [0.5, 0.6) is 0 Å². The van der Waals surface area contributed by atoms with E-state index in [0.29, 0.717) is 5.41 Å². The van der Waals surface area contributed by atoms with Crippen molar-refractivity contribution in [3.8, 4) is 0 Å². The Morgan fingerprint density at radius 2 is 2.07 bits per heavy atom. The molecule has 3 atom stereocenters. The van der Waals surface area contributed by atoms with Gasteiger partial charge >= 0.3 is 0 Å². The minimum atomic E-state index is 0.318. The van der Waals surface area contributed by atoms with E-state index in [2.05, 4.69) is 32.6 Å². The summed E-state index contributed by atoms with van der Waals surface area (Å²) in [5.41, 5.74) is 6.17. The van der Waals surface area contributed by atoms with E-state index in [1.165, 1.54) is 25.9 Å². The van der Waals surface area contributed by atoms with Crippen molar-refractivity contribution in [3.05, 3.63) is 0 Å². The summed E-state index contributed by atoms with van der Waals surface area (Å²) in [6.45, 7) is 12.5. The Hall–Kier alpha value is -0.0800. The van der Waals surface area contributed by atoms with Crippen LogP contribution in [0.15, 0.2) is 0 Å². The van der Waals surface area contributed by atoms with Crippen LogP contribution in [0, 0.1) is 11.3 Å². The Morgan fingerprint density at radius 3 is 2.43 bits per heavy atom. The third-order valence-electron chi connectivity index (χ3n) is 3.84. The maximum Gasteiger partial charge on any atom is 0.00702 e.